The van der Waals surface area contributed by atoms with E-state index in [9.17, 15) is 0 Å². The van der Waals surface area contributed by atoms with Crippen LogP contribution in [0.15, 0.2) is 4.99 Å². The first-order valence-electron chi connectivity index (χ1n) is 10.7. The van der Waals surface area contributed by atoms with Crippen molar-refractivity contribution in [1.82, 2.24) is 20.4 Å². The highest BCUT2D eigenvalue weighted by molar-refractivity contribution is 5.80. The van der Waals surface area contributed by atoms with Gasteiger partial charge in [0.2, 0.25) is 0 Å². The second-order valence-electron chi connectivity index (χ2n) is 7.79. The van der Waals surface area contributed by atoms with Crippen LogP contribution < -0.4 is 10.6 Å². The summed E-state index contributed by atoms with van der Waals surface area (Å²) in [5, 5.41) is 7.07. The number of methoxy groups -OCH3 is 1. The Morgan fingerprint density at radius 1 is 1.19 bits per heavy atom. The van der Waals surface area contributed by atoms with Crippen molar-refractivity contribution in [2.45, 2.75) is 64.0 Å². The normalized spacial score (nSPS) is 20.8. The zero-order chi connectivity index (χ0) is 18.6. The van der Waals surface area contributed by atoms with E-state index in [1.165, 1.54) is 51.6 Å². The third-order valence-electron chi connectivity index (χ3n) is 5.77. The molecule has 0 amide bonds. The zero-order valence-electron chi connectivity index (χ0n) is 17.3. The molecule has 0 radical (unpaired) electrons. The molecule has 0 aromatic rings. The predicted octanol–water partition coefficient (Wildman–Crippen LogP) is 1.92. The van der Waals surface area contributed by atoms with Crippen LogP contribution in [0.5, 0.6) is 0 Å². The lowest BCUT2D eigenvalue weighted by Gasteiger charge is -2.33. The van der Waals surface area contributed by atoms with E-state index >= 15 is 0 Å². The molecule has 2 rings (SSSR count). The molecule has 26 heavy (non-hydrogen) atoms. The fraction of sp³-hybridized carbons (Fsp3) is 0.950. The fourth-order valence-corrected chi connectivity index (χ4v) is 4.09. The molecule has 1 saturated carbocycles. The van der Waals surface area contributed by atoms with Crippen LogP contribution in [0.25, 0.3) is 0 Å². The fourth-order valence-electron chi connectivity index (χ4n) is 4.09. The molecular weight excluding hydrogens is 326 g/mol. The summed E-state index contributed by atoms with van der Waals surface area (Å²) in [6.07, 6.45) is 9.04. The lowest BCUT2D eigenvalue weighted by atomic mass is 10.1. The number of aliphatic imine (C=N–C) groups is 1. The molecule has 2 fully saturated rings. The van der Waals surface area contributed by atoms with Gasteiger partial charge in [0.05, 0.1) is 6.54 Å². The summed E-state index contributed by atoms with van der Waals surface area (Å²) in [5.74, 6) is 0.991. The van der Waals surface area contributed by atoms with Gasteiger partial charge in [0.25, 0.3) is 0 Å². The molecular formula is C20H41N5O. The summed E-state index contributed by atoms with van der Waals surface area (Å²) in [6, 6.07) is 1.32. The average molecular weight is 368 g/mol. The molecule has 0 unspecified atom stereocenters. The standard InChI is InChI=1S/C20H41N5O/c1-4-21-20(22-12-16-24(2)19-8-5-6-9-19)23-18-10-14-25(15-11-18)13-7-17-26-3/h18-19H,4-17H2,1-3H3,(H2,21,22,23). The molecule has 0 aromatic heterocycles. The van der Waals surface area contributed by atoms with Gasteiger partial charge in [-0.2, -0.15) is 0 Å². The first-order valence-corrected chi connectivity index (χ1v) is 10.7. The Kier molecular flexibility index (Phi) is 10.3. The summed E-state index contributed by atoms with van der Waals surface area (Å²) in [4.78, 5) is 9.87. The third kappa shape index (κ3) is 7.80. The van der Waals surface area contributed by atoms with Crippen molar-refractivity contribution < 1.29 is 4.74 Å². The number of nitrogens with zero attached hydrogens (tertiary/aromatic N) is 3. The molecule has 0 spiro atoms. The first kappa shape index (κ1) is 21.5. The highest BCUT2D eigenvalue weighted by Gasteiger charge is 2.20. The minimum Gasteiger partial charge on any atom is -0.385 e. The Balaban J connectivity index is 1.68. The van der Waals surface area contributed by atoms with Gasteiger partial charge >= 0.3 is 0 Å². The molecule has 1 heterocycles. The third-order valence-corrected chi connectivity index (χ3v) is 5.77. The smallest absolute Gasteiger partial charge is 0.191 e. The summed E-state index contributed by atoms with van der Waals surface area (Å²) >= 11 is 0. The van der Waals surface area contributed by atoms with E-state index in [2.05, 4.69) is 34.4 Å². The number of hydrogen-bond acceptors (Lipinski definition) is 4. The lowest BCUT2D eigenvalue weighted by molar-refractivity contribution is 0.155. The Bertz CT molecular complexity index is 390. The number of hydrogen-bond donors (Lipinski definition) is 2. The van der Waals surface area contributed by atoms with Crippen molar-refractivity contribution in [2.24, 2.45) is 4.99 Å². The van der Waals surface area contributed by atoms with Crippen molar-refractivity contribution in [3.8, 4) is 0 Å². The Hall–Kier alpha value is -0.850. The lowest BCUT2D eigenvalue weighted by Crippen LogP contribution is -2.49. The number of guanidine groups is 1. The minimum atomic E-state index is 0.541. The Morgan fingerprint density at radius 2 is 1.92 bits per heavy atom. The second-order valence-corrected chi connectivity index (χ2v) is 7.79. The molecule has 2 aliphatic rings. The number of likely N-dealkylation sites (tertiary alicyclic amines) is 1. The van der Waals surface area contributed by atoms with E-state index < -0.39 is 0 Å². The van der Waals surface area contributed by atoms with Gasteiger partial charge in [-0.1, -0.05) is 12.8 Å². The van der Waals surface area contributed by atoms with Crippen molar-refractivity contribution in [3.05, 3.63) is 0 Å². The Morgan fingerprint density at radius 3 is 2.58 bits per heavy atom. The van der Waals surface area contributed by atoms with E-state index in [1.54, 1.807) is 7.11 Å². The number of likely N-dealkylation sites (N-methyl/N-ethyl adjacent to an activating group) is 1. The van der Waals surface area contributed by atoms with Crippen molar-refractivity contribution >= 4 is 5.96 Å². The van der Waals surface area contributed by atoms with Crippen LogP contribution in [0.4, 0.5) is 0 Å². The molecule has 0 aromatic carbocycles. The number of ether oxygens (including phenoxy) is 1. The molecule has 152 valence electrons. The minimum absolute atomic E-state index is 0.541. The molecule has 2 N–H and O–H groups in total. The van der Waals surface area contributed by atoms with E-state index in [0.29, 0.717) is 6.04 Å². The molecule has 0 atom stereocenters. The van der Waals surface area contributed by atoms with E-state index in [4.69, 9.17) is 9.73 Å². The van der Waals surface area contributed by atoms with Crippen molar-refractivity contribution in [3.63, 3.8) is 0 Å². The topological polar surface area (TPSA) is 52.1 Å². The van der Waals surface area contributed by atoms with E-state index in [-0.39, 0.29) is 0 Å². The summed E-state index contributed by atoms with van der Waals surface area (Å²) in [7, 11) is 4.04. The second kappa shape index (κ2) is 12.5. The number of piperidine rings is 1. The molecule has 6 heteroatoms. The highest BCUT2D eigenvalue weighted by atomic mass is 16.5. The maximum Gasteiger partial charge on any atom is 0.191 e. The number of nitrogens with one attached hydrogen (secondary N) is 2. The van der Waals surface area contributed by atoms with Crippen molar-refractivity contribution in [2.75, 3.05) is 60.0 Å². The van der Waals surface area contributed by atoms with Crippen LogP contribution in [0.1, 0.15) is 51.9 Å². The molecule has 1 aliphatic carbocycles. The van der Waals surface area contributed by atoms with E-state index in [0.717, 1.165) is 51.2 Å². The molecule has 6 nitrogen and oxygen atoms in total. The summed E-state index contributed by atoms with van der Waals surface area (Å²) < 4.78 is 5.15. The number of rotatable bonds is 10. The monoisotopic (exact) mass is 367 g/mol. The van der Waals surface area contributed by atoms with Gasteiger partial charge in [0.15, 0.2) is 5.96 Å². The van der Waals surface area contributed by atoms with Crippen molar-refractivity contribution in [1.29, 1.82) is 0 Å². The average Bonchev–Trinajstić information content (AvgIpc) is 3.18. The van der Waals surface area contributed by atoms with Crippen LogP contribution in [0.2, 0.25) is 0 Å². The zero-order valence-corrected chi connectivity index (χ0v) is 17.3. The van der Waals surface area contributed by atoms with Crippen LogP contribution in [-0.2, 0) is 4.74 Å². The largest absolute Gasteiger partial charge is 0.385 e. The highest BCUT2D eigenvalue weighted by Crippen LogP contribution is 2.21. The van der Waals surface area contributed by atoms with Crippen LogP contribution in [0, 0.1) is 0 Å². The maximum atomic E-state index is 5.15. The maximum absolute atomic E-state index is 5.15. The molecule has 1 saturated heterocycles. The van der Waals surface area contributed by atoms with Gasteiger partial charge in [-0.15, -0.1) is 0 Å². The predicted molar refractivity (Wildman–Crippen MR) is 110 cm³/mol. The summed E-state index contributed by atoms with van der Waals surface area (Å²) in [6.45, 7) is 9.35. The van der Waals surface area contributed by atoms with E-state index in [1.807, 2.05) is 0 Å². The van der Waals surface area contributed by atoms with Crippen LogP contribution in [0.3, 0.4) is 0 Å². The van der Waals surface area contributed by atoms with Gasteiger partial charge in [0.1, 0.15) is 0 Å². The van der Waals surface area contributed by atoms with Crippen LogP contribution >= 0.6 is 0 Å². The summed E-state index contributed by atoms with van der Waals surface area (Å²) in [5.41, 5.74) is 0. The Labute approximate surface area is 160 Å². The van der Waals surface area contributed by atoms with Crippen LogP contribution in [-0.4, -0.2) is 87.9 Å². The molecule has 0 bridgehead atoms. The quantitative estimate of drug-likeness (QED) is 0.351. The van der Waals surface area contributed by atoms with Gasteiger partial charge < -0.3 is 25.2 Å². The van der Waals surface area contributed by atoms with Gasteiger partial charge in [0, 0.05) is 58.5 Å². The van der Waals surface area contributed by atoms with Gasteiger partial charge in [-0.25, -0.2) is 0 Å². The van der Waals surface area contributed by atoms with Gasteiger partial charge in [-0.05, 0) is 46.1 Å². The molecule has 1 aliphatic heterocycles. The van der Waals surface area contributed by atoms with Gasteiger partial charge in [-0.3, -0.25) is 4.99 Å². The SMILES string of the molecule is CCNC(=NCCN(C)C1CCCC1)NC1CCN(CCCOC)CC1. The first-order chi connectivity index (χ1) is 12.7.